The molecule has 1 aromatic rings. The molecule has 1 aliphatic heterocycles. The summed E-state index contributed by atoms with van der Waals surface area (Å²) in [4.78, 5) is 25.4. The predicted octanol–water partition coefficient (Wildman–Crippen LogP) is 0.230. The first-order valence-electron chi connectivity index (χ1n) is 6.44. The molecule has 0 aromatic carbocycles. The van der Waals surface area contributed by atoms with E-state index in [1.165, 1.54) is 4.68 Å². The van der Waals surface area contributed by atoms with E-state index in [4.69, 9.17) is 4.74 Å². The van der Waals surface area contributed by atoms with Gasteiger partial charge in [0.05, 0.1) is 18.7 Å². The van der Waals surface area contributed by atoms with Crippen LogP contribution in [0.4, 0.5) is 0 Å². The van der Waals surface area contributed by atoms with Crippen molar-refractivity contribution in [2.45, 2.75) is 19.8 Å². The molecule has 0 unspecified atom stereocenters. The van der Waals surface area contributed by atoms with Crippen molar-refractivity contribution in [3.63, 3.8) is 0 Å². The van der Waals surface area contributed by atoms with Crippen molar-refractivity contribution in [2.75, 3.05) is 19.7 Å². The molecule has 2 heterocycles. The van der Waals surface area contributed by atoms with E-state index >= 15 is 0 Å². The van der Waals surface area contributed by atoms with E-state index in [1.807, 2.05) is 0 Å². The van der Waals surface area contributed by atoms with Gasteiger partial charge in [-0.1, -0.05) is 5.21 Å². The summed E-state index contributed by atoms with van der Waals surface area (Å²) in [6.07, 6.45) is 2.88. The quantitative estimate of drug-likeness (QED) is 0.732. The van der Waals surface area contributed by atoms with Crippen molar-refractivity contribution in [2.24, 2.45) is 13.0 Å². The number of hydrogen-bond donors (Lipinski definition) is 0. The Morgan fingerprint density at radius 1 is 1.42 bits per heavy atom. The molecular weight excluding hydrogens is 248 g/mol. The van der Waals surface area contributed by atoms with Gasteiger partial charge in [-0.05, 0) is 19.8 Å². The average molecular weight is 266 g/mol. The lowest BCUT2D eigenvalue weighted by molar-refractivity contribution is -0.149. The van der Waals surface area contributed by atoms with Crippen molar-refractivity contribution in [3.8, 4) is 0 Å². The third-order valence-electron chi connectivity index (χ3n) is 3.22. The van der Waals surface area contributed by atoms with Gasteiger partial charge in [-0.25, -0.2) is 0 Å². The van der Waals surface area contributed by atoms with Gasteiger partial charge in [0.2, 0.25) is 0 Å². The molecule has 7 nitrogen and oxygen atoms in total. The van der Waals surface area contributed by atoms with Crippen LogP contribution in [-0.4, -0.2) is 51.5 Å². The molecule has 0 spiro atoms. The van der Waals surface area contributed by atoms with Crippen LogP contribution in [0, 0.1) is 5.92 Å². The summed E-state index contributed by atoms with van der Waals surface area (Å²) in [7, 11) is 1.72. The van der Waals surface area contributed by atoms with Crippen molar-refractivity contribution in [1.29, 1.82) is 0 Å². The monoisotopic (exact) mass is 266 g/mol. The molecule has 7 heteroatoms. The molecule has 0 bridgehead atoms. The second kappa shape index (κ2) is 5.81. The van der Waals surface area contributed by atoms with Gasteiger partial charge in [-0.3, -0.25) is 14.3 Å². The lowest BCUT2D eigenvalue weighted by Gasteiger charge is -2.30. The van der Waals surface area contributed by atoms with Gasteiger partial charge in [0.25, 0.3) is 5.91 Å². The molecule has 104 valence electrons. The number of esters is 1. The summed E-state index contributed by atoms with van der Waals surface area (Å²) in [6, 6.07) is 0. The Labute approximate surface area is 111 Å². The van der Waals surface area contributed by atoms with E-state index in [0.717, 1.165) is 0 Å². The zero-order valence-electron chi connectivity index (χ0n) is 11.2. The summed E-state index contributed by atoms with van der Waals surface area (Å²) in [6.45, 7) is 3.31. The molecule has 1 amide bonds. The van der Waals surface area contributed by atoms with Crippen LogP contribution in [0.1, 0.15) is 30.3 Å². The zero-order valence-corrected chi connectivity index (χ0v) is 11.2. The fraction of sp³-hybridized carbons (Fsp3) is 0.667. The molecule has 0 atom stereocenters. The van der Waals surface area contributed by atoms with E-state index in [0.29, 0.717) is 38.2 Å². The van der Waals surface area contributed by atoms with Crippen molar-refractivity contribution in [1.82, 2.24) is 19.9 Å². The third-order valence-corrected chi connectivity index (χ3v) is 3.22. The summed E-state index contributed by atoms with van der Waals surface area (Å²) in [5.74, 6) is -0.379. The Kier molecular flexibility index (Phi) is 4.13. The van der Waals surface area contributed by atoms with Gasteiger partial charge in [0.1, 0.15) is 0 Å². The van der Waals surface area contributed by atoms with Crippen LogP contribution in [-0.2, 0) is 16.6 Å². The van der Waals surface area contributed by atoms with E-state index in [2.05, 4.69) is 10.3 Å². The number of aromatic nitrogens is 3. The number of nitrogens with zero attached hydrogens (tertiary/aromatic N) is 4. The Morgan fingerprint density at radius 3 is 2.63 bits per heavy atom. The SMILES string of the molecule is CCOC(=O)C1CCN(C(=O)c2cn(C)nn2)CC1. The molecule has 0 saturated carbocycles. The fourth-order valence-electron chi connectivity index (χ4n) is 2.19. The van der Waals surface area contributed by atoms with Crippen LogP contribution in [0.25, 0.3) is 0 Å². The predicted molar refractivity (Wildman–Crippen MR) is 66.3 cm³/mol. The Morgan fingerprint density at radius 2 is 2.11 bits per heavy atom. The fourth-order valence-corrected chi connectivity index (χ4v) is 2.19. The number of piperidine rings is 1. The van der Waals surface area contributed by atoms with Gasteiger partial charge in [-0.2, -0.15) is 0 Å². The van der Waals surface area contributed by atoms with E-state index in [1.54, 1.807) is 25.1 Å². The summed E-state index contributed by atoms with van der Waals surface area (Å²) in [5, 5.41) is 7.55. The molecule has 1 aliphatic rings. The number of aryl methyl sites for hydroxylation is 1. The first-order valence-corrected chi connectivity index (χ1v) is 6.44. The van der Waals surface area contributed by atoms with Gasteiger partial charge >= 0.3 is 5.97 Å². The number of ether oxygens (including phenoxy) is 1. The van der Waals surface area contributed by atoms with Crippen molar-refractivity contribution >= 4 is 11.9 Å². The number of amides is 1. The maximum Gasteiger partial charge on any atom is 0.309 e. The Bertz CT molecular complexity index is 463. The number of carbonyl (C=O) groups excluding carboxylic acids is 2. The van der Waals surface area contributed by atoms with Crippen molar-refractivity contribution < 1.29 is 14.3 Å². The van der Waals surface area contributed by atoms with Gasteiger partial charge in [0, 0.05) is 20.1 Å². The minimum Gasteiger partial charge on any atom is -0.466 e. The topological polar surface area (TPSA) is 77.3 Å². The molecule has 2 rings (SSSR count). The molecule has 1 saturated heterocycles. The largest absolute Gasteiger partial charge is 0.466 e. The van der Waals surface area contributed by atoms with Crippen molar-refractivity contribution in [3.05, 3.63) is 11.9 Å². The molecule has 19 heavy (non-hydrogen) atoms. The first-order chi connectivity index (χ1) is 9.11. The lowest BCUT2D eigenvalue weighted by atomic mass is 9.97. The highest BCUT2D eigenvalue weighted by molar-refractivity contribution is 5.92. The number of carbonyl (C=O) groups is 2. The van der Waals surface area contributed by atoms with Crippen LogP contribution in [0.15, 0.2) is 6.20 Å². The Balaban J connectivity index is 1.89. The molecule has 0 aliphatic carbocycles. The van der Waals surface area contributed by atoms with Gasteiger partial charge in [-0.15, -0.1) is 5.10 Å². The zero-order chi connectivity index (χ0) is 13.8. The standard InChI is InChI=1S/C12H18N4O3/c1-3-19-12(18)9-4-6-16(7-5-9)11(17)10-8-15(2)14-13-10/h8-9H,3-7H2,1-2H3. The third kappa shape index (κ3) is 3.10. The van der Waals surface area contributed by atoms with Gasteiger partial charge in [0.15, 0.2) is 5.69 Å². The maximum atomic E-state index is 12.1. The molecule has 0 radical (unpaired) electrons. The van der Waals surface area contributed by atoms with E-state index < -0.39 is 0 Å². The summed E-state index contributed by atoms with van der Waals surface area (Å²) < 4.78 is 6.50. The van der Waals surface area contributed by atoms with Crippen LogP contribution >= 0.6 is 0 Å². The van der Waals surface area contributed by atoms with E-state index in [9.17, 15) is 9.59 Å². The highest BCUT2D eigenvalue weighted by Crippen LogP contribution is 2.19. The Hall–Kier alpha value is -1.92. The molecule has 0 N–H and O–H groups in total. The molecule has 1 aromatic heterocycles. The normalized spacial score (nSPS) is 16.4. The minimum absolute atomic E-state index is 0.0918. The van der Waals surface area contributed by atoms with Crippen LogP contribution < -0.4 is 0 Å². The average Bonchev–Trinajstić information content (AvgIpc) is 2.85. The number of rotatable bonds is 3. The highest BCUT2D eigenvalue weighted by atomic mass is 16.5. The van der Waals surface area contributed by atoms with Gasteiger partial charge < -0.3 is 9.64 Å². The summed E-state index contributed by atoms with van der Waals surface area (Å²) in [5.41, 5.74) is 0.345. The van der Waals surface area contributed by atoms with Crippen LogP contribution in [0.5, 0.6) is 0 Å². The number of hydrogen-bond acceptors (Lipinski definition) is 5. The van der Waals surface area contributed by atoms with E-state index in [-0.39, 0.29) is 17.8 Å². The first kappa shape index (κ1) is 13.5. The minimum atomic E-state index is -0.158. The highest BCUT2D eigenvalue weighted by Gasteiger charge is 2.29. The molecule has 1 fully saturated rings. The van der Waals surface area contributed by atoms with Crippen LogP contribution in [0.2, 0.25) is 0 Å². The molecular formula is C12H18N4O3. The smallest absolute Gasteiger partial charge is 0.309 e. The van der Waals surface area contributed by atoms with Crippen LogP contribution in [0.3, 0.4) is 0 Å². The summed E-state index contributed by atoms with van der Waals surface area (Å²) >= 11 is 0. The maximum absolute atomic E-state index is 12.1. The second-order valence-electron chi connectivity index (χ2n) is 4.60. The second-order valence-corrected chi connectivity index (χ2v) is 4.60. The number of likely N-dealkylation sites (tertiary alicyclic amines) is 1. The lowest BCUT2D eigenvalue weighted by Crippen LogP contribution is -2.40.